The third kappa shape index (κ3) is 9.12. The van der Waals surface area contributed by atoms with Gasteiger partial charge in [-0.3, -0.25) is 9.59 Å². The number of rotatable bonds is 14. The largest absolute Gasteiger partial charge is 0.392 e. The minimum absolute atomic E-state index is 0.00318. The summed E-state index contributed by atoms with van der Waals surface area (Å²) in [6.07, 6.45) is 3.85. The zero-order valence-electron chi connectivity index (χ0n) is 24.5. The molecule has 0 spiro atoms. The molecule has 3 aromatic rings. The molecule has 1 aliphatic heterocycles. The van der Waals surface area contributed by atoms with E-state index in [1.807, 2.05) is 60.1 Å². The number of hydrogen-bond donors (Lipinski definition) is 3. The predicted octanol–water partition coefficient (Wildman–Crippen LogP) is 4.20. The second kappa shape index (κ2) is 15.8. The summed E-state index contributed by atoms with van der Waals surface area (Å²) in [5.74, 6) is 0.753. The topological polar surface area (TPSA) is 128 Å². The number of benzene rings is 2. The first-order chi connectivity index (χ1) is 20.3. The number of nitrogens with zero attached hydrogens (tertiary/aromatic N) is 3. The molecule has 10 nitrogen and oxygen atoms in total. The van der Waals surface area contributed by atoms with Crippen LogP contribution in [-0.2, 0) is 39.3 Å². The predicted molar refractivity (Wildman–Crippen MR) is 160 cm³/mol. The van der Waals surface area contributed by atoms with Crippen LogP contribution in [0.5, 0.6) is 0 Å². The number of thioether (sulfide) groups is 1. The van der Waals surface area contributed by atoms with Gasteiger partial charge in [0.05, 0.1) is 18.8 Å². The number of carbonyl (C=O) groups excluding carboxylic acids is 2. The van der Waals surface area contributed by atoms with E-state index in [0.717, 1.165) is 46.7 Å². The maximum atomic E-state index is 12.3. The van der Waals surface area contributed by atoms with Crippen LogP contribution in [-0.4, -0.2) is 50.1 Å². The fourth-order valence-corrected chi connectivity index (χ4v) is 5.85. The molecule has 3 N–H and O–H groups in total. The van der Waals surface area contributed by atoms with E-state index in [2.05, 4.69) is 27.8 Å². The van der Waals surface area contributed by atoms with Crippen molar-refractivity contribution in [3.63, 3.8) is 0 Å². The molecule has 1 aliphatic rings. The van der Waals surface area contributed by atoms with Crippen LogP contribution in [0.1, 0.15) is 74.2 Å². The average Bonchev–Trinajstić information content (AvgIpc) is 3.41. The lowest BCUT2D eigenvalue weighted by Gasteiger charge is -2.41. The van der Waals surface area contributed by atoms with Crippen molar-refractivity contribution in [2.75, 3.05) is 12.3 Å². The van der Waals surface area contributed by atoms with Crippen molar-refractivity contribution in [3.05, 3.63) is 77.1 Å². The van der Waals surface area contributed by atoms with Gasteiger partial charge in [0.15, 0.2) is 11.4 Å². The monoisotopic (exact) mass is 595 g/mol. The van der Waals surface area contributed by atoms with Crippen LogP contribution in [0.4, 0.5) is 0 Å². The molecule has 1 aromatic heterocycles. The van der Waals surface area contributed by atoms with Gasteiger partial charge in [0.2, 0.25) is 11.8 Å². The van der Waals surface area contributed by atoms with Gasteiger partial charge in [-0.15, -0.1) is 10.2 Å². The van der Waals surface area contributed by atoms with Crippen molar-refractivity contribution >= 4 is 23.6 Å². The number of aryl methyl sites for hydroxylation is 1. The van der Waals surface area contributed by atoms with Gasteiger partial charge in [0.25, 0.3) is 0 Å². The lowest BCUT2D eigenvalue weighted by molar-refractivity contribution is -0.268. The summed E-state index contributed by atoms with van der Waals surface area (Å²) in [5.41, 5.74) is 3.79. The molecule has 11 heteroatoms. The van der Waals surface area contributed by atoms with E-state index in [9.17, 15) is 14.7 Å². The zero-order valence-corrected chi connectivity index (χ0v) is 25.3. The number of carbonyl (C=O) groups is 2. The molecule has 42 heavy (non-hydrogen) atoms. The molecule has 2 aromatic carbocycles. The first kappa shape index (κ1) is 31.7. The van der Waals surface area contributed by atoms with Gasteiger partial charge in [-0.2, -0.15) is 0 Å². The van der Waals surface area contributed by atoms with Gasteiger partial charge in [-0.25, -0.2) is 0 Å². The Morgan fingerprint density at radius 3 is 2.36 bits per heavy atom. The number of aliphatic hydroxyl groups excluding tert-OH is 1. The summed E-state index contributed by atoms with van der Waals surface area (Å²) in [6.45, 7) is 4.74. The van der Waals surface area contributed by atoms with Crippen molar-refractivity contribution in [1.29, 1.82) is 0 Å². The second-order valence-electron chi connectivity index (χ2n) is 10.7. The zero-order chi connectivity index (χ0) is 29.9. The highest BCUT2D eigenvalue weighted by molar-refractivity contribution is 7.99. The first-order valence-electron chi connectivity index (χ1n) is 14.4. The maximum Gasteiger partial charge on any atom is 0.220 e. The Morgan fingerprint density at radius 2 is 1.69 bits per heavy atom. The Balaban J connectivity index is 1.36. The van der Waals surface area contributed by atoms with Gasteiger partial charge in [0, 0.05) is 50.7 Å². The summed E-state index contributed by atoms with van der Waals surface area (Å²) in [4.78, 5) is 23.2. The summed E-state index contributed by atoms with van der Waals surface area (Å²) < 4.78 is 14.9. The normalized spacial score (nSPS) is 20.3. The first-order valence-corrected chi connectivity index (χ1v) is 15.4. The van der Waals surface area contributed by atoms with Crippen LogP contribution in [0, 0.1) is 5.92 Å². The second-order valence-corrected chi connectivity index (χ2v) is 11.7. The van der Waals surface area contributed by atoms with E-state index in [0.29, 0.717) is 25.3 Å². The van der Waals surface area contributed by atoms with E-state index in [4.69, 9.17) is 9.47 Å². The highest BCUT2D eigenvalue weighted by atomic mass is 32.2. The lowest BCUT2D eigenvalue weighted by atomic mass is 9.91. The van der Waals surface area contributed by atoms with Crippen LogP contribution in [0.3, 0.4) is 0 Å². The van der Waals surface area contributed by atoms with Crippen molar-refractivity contribution < 1.29 is 24.2 Å². The lowest BCUT2D eigenvalue weighted by Crippen LogP contribution is -2.38. The molecule has 4 rings (SSSR count). The Labute approximate surface area is 251 Å². The quantitative estimate of drug-likeness (QED) is 0.187. The molecular weight excluding hydrogens is 554 g/mol. The van der Waals surface area contributed by atoms with Crippen LogP contribution in [0.25, 0.3) is 0 Å². The van der Waals surface area contributed by atoms with E-state index < -0.39 is 6.29 Å². The standard InChI is InChI=1S/C31H41N5O5S/c1-21-27(19-42-31-35-34-20-36(31)3)40-30(41-29(21)25-12-10-24(18-37)11-13-25)26-14-8-23(9-15-26)17-33-28(39)7-5-4-6-16-32-22(2)38/h8-15,20-21,27,29-30,37H,4-7,16-19H2,1-3H3,(H,32,38)(H,33,39). The summed E-state index contributed by atoms with van der Waals surface area (Å²) >= 11 is 1.61. The summed E-state index contributed by atoms with van der Waals surface area (Å²) in [6, 6.07) is 15.8. The average molecular weight is 596 g/mol. The van der Waals surface area contributed by atoms with Crippen molar-refractivity contribution in [2.45, 2.75) is 76.3 Å². The number of aliphatic hydroxyl groups is 1. The highest BCUT2D eigenvalue weighted by Crippen LogP contribution is 2.42. The summed E-state index contributed by atoms with van der Waals surface area (Å²) in [5, 5.41) is 24.2. The molecule has 1 saturated heterocycles. The van der Waals surface area contributed by atoms with E-state index in [1.54, 1.807) is 18.1 Å². The van der Waals surface area contributed by atoms with Crippen molar-refractivity contribution in [2.24, 2.45) is 13.0 Å². The van der Waals surface area contributed by atoms with E-state index >= 15 is 0 Å². The number of unbranched alkanes of at least 4 members (excludes halogenated alkanes) is 2. The van der Waals surface area contributed by atoms with Gasteiger partial charge >= 0.3 is 0 Å². The number of ether oxygens (including phenoxy) is 2. The highest BCUT2D eigenvalue weighted by Gasteiger charge is 2.38. The molecular formula is C31H41N5O5S. The number of hydrogen-bond acceptors (Lipinski definition) is 8. The Hall–Kier alpha value is -3.25. The van der Waals surface area contributed by atoms with Gasteiger partial charge in [-0.1, -0.05) is 73.6 Å². The third-order valence-corrected chi connectivity index (χ3v) is 8.49. The van der Waals surface area contributed by atoms with Gasteiger partial charge < -0.3 is 29.8 Å². The molecule has 2 amide bonds. The SMILES string of the molecule is CC(=O)NCCCCCC(=O)NCc1ccc(C2OC(CSc3nncn3C)C(C)C(c3ccc(CO)cc3)O2)cc1. The van der Waals surface area contributed by atoms with E-state index in [-0.39, 0.29) is 36.5 Å². The fourth-order valence-electron chi connectivity index (χ4n) is 4.80. The molecule has 226 valence electrons. The van der Waals surface area contributed by atoms with Crippen LogP contribution < -0.4 is 10.6 Å². The number of nitrogens with one attached hydrogen (secondary N) is 2. The van der Waals surface area contributed by atoms with Crippen molar-refractivity contribution in [1.82, 2.24) is 25.4 Å². The molecule has 0 saturated carbocycles. The molecule has 4 unspecified atom stereocenters. The summed E-state index contributed by atoms with van der Waals surface area (Å²) in [7, 11) is 1.92. The third-order valence-electron chi connectivity index (χ3n) is 7.37. The molecule has 4 atom stereocenters. The molecule has 0 aliphatic carbocycles. The minimum Gasteiger partial charge on any atom is -0.392 e. The Morgan fingerprint density at radius 1 is 0.976 bits per heavy atom. The number of aromatic nitrogens is 3. The van der Waals surface area contributed by atoms with E-state index in [1.165, 1.54) is 6.92 Å². The Kier molecular flexibility index (Phi) is 11.9. The van der Waals surface area contributed by atoms with Gasteiger partial charge in [-0.05, 0) is 29.5 Å². The van der Waals surface area contributed by atoms with Gasteiger partial charge in [0.1, 0.15) is 6.33 Å². The molecule has 0 bridgehead atoms. The molecule has 2 heterocycles. The molecule has 1 fully saturated rings. The van der Waals surface area contributed by atoms with Crippen LogP contribution in [0.2, 0.25) is 0 Å². The van der Waals surface area contributed by atoms with Crippen molar-refractivity contribution in [3.8, 4) is 0 Å². The van der Waals surface area contributed by atoms with Crippen LogP contribution in [0.15, 0.2) is 60.0 Å². The van der Waals surface area contributed by atoms with Crippen LogP contribution >= 0.6 is 11.8 Å². The molecule has 0 radical (unpaired) electrons. The minimum atomic E-state index is -0.560. The Bertz CT molecular complexity index is 1280. The number of amides is 2. The maximum absolute atomic E-state index is 12.3. The smallest absolute Gasteiger partial charge is 0.220 e. The fraction of sp³-hybridized carbons (Fsp3) is 0.484.